The number of alkyl carbamates (subject to hydrolysis) is 1. The third-order valence-corrected chi connectivity index (χ3v) is 5.09. The number of carbonyl (C=O) groups excluding carboxylic acids is 3. The Balaban J connectivity index is 3.50. The summed E-state index contributed by atoms with van der Waals surface area (Å²) in [7, 11) is 0. The number of nitrogens with one attached hydrogen (secondary N) is 2. The zero-order chi connectivity index (χ0) is 27.0. The van der Waals surface area contributed by atoms with E-state index in [1.807, 2.05) is 41.5 Å². The van der Waals surface area contributed by atoms with Gasteiger partial charge in [0.1, 0.15) is 17.7 Å². The summed E-state index contributed by atoms with van der Waals surface area (Å²) in [6.45, 7) is 17.0. The number of benzene rings is 1. The van der Waals surface area contributed by atoms with Crippen LogP contribution in [0, 0.1) is 18.3 Å². The van der Waals surface area contributed by atoms with Crippen LogP contribution in [0.3, 0.4) is 0 Å². The molecule has 0 heterocycles. The molecule has 0 aliphatic heterocycles. The van der Waals surface area contributed by atoms with Gasteiger partial charge in [0.2, 0.25) is 11.8 Å². The van der Waals surface area contributed by atoms with E-state index in [4.69, 9.17) is 11.2 Å². The normalized spacial score (nSPS) is 13.4. The lowest BCUT2D eigenvalue weighted by Crippen LogP contribution is -2.56. The third-order valence-electron chi connectivity index (χ3n) is 5.09. The molecule has 0 aliphatic rings. The summed E-state index contributed by atoms with van der Waals surface area (Å²) in [6.07, 6.45) is 6.37. The van der Waals surface area contributed by atoms with Crippen molar-refractivity contribution in [3.63, 3.8) is 0 Å². The smallest absolute Gasteiger partial charge is 0.408 e. The second kappa shape index (κ2) is 12.6. The molecule has 0 saturated heterocycles. The van der Waals surface area contributed by atoms with Crippen molar-refractivity contribution in [1.29, 1.82) is 0 Å². The molecule has 2 N–H and O–H groups in total. The molecule has 2 unspecified atom stereocenters. The van der Waals surface area contributed by atoms with E-state index in [1.54, 1.807) is 49.9 Å². The van der Waals surface area contributed by atoms with E-state index < -0.39 is 29.3 Å². The second-order valence-electron chi connectivity index (χ2n) is 11.2. The first-order valence-corrected chi connectivity index (χ1v) is 12.3. The van der Waals surface area contributed by atoms with Gasteiger partial charge in [0.25, 0.3) is 0 Å². The van der Waals surface area contributed by atoms with Crippen LogP contribution in [0.2, 0.25) is 0 Å². The van der Waals surface area contributed by atoms with E-state index >= 15 is 0 Å². The van der Waals surface area contributed by atoms with Crippen LogP contribution < -0.4 is 10.6 Å². The van der Waals surface area contributed by atoms with E-state index in [9.17, 15) is 14.4 Å². The molecule has 194 valence electrons. The Labute approximate surface area is 211 Å². The van der Waals surface area contributed by atoms with Crippen LogP contribution in [0.1, 0.15) is 92.3 Å². The molecular weight excluding hydrogens is 442 g/mol. The lowest BCUT2D eigenvalue weighted by atomic mass is 9.97. The molecule has 3 amide bonds. The predicted octanol–water partition coefficient (Wildman–Crippen LogP) is 4.80. The largest absolute Gasteiger partial charge is 0.444 e. The number of terminal acetylenes is 1. The van der Waals surface area contributed by atoms with Crippen LogP contribution in [0.5, 0.6) is 0 Å². The van der Waals surface area contributed by atoms with E-state index in [1.165, 1.54) is 0 Å². The number of ether oxygens (including phenoxy) is 1. The van der Waals surface area contributed by atoms with Gasteiger partial charge < -0.3 is 20.3 Å². The van der Waals surface area contributed by atoms with Crippen molar-refractivity contribution in [1.82, 2.24) is 15.5 Å². The van der Waals surface area contributed by atoms with Crippen LogP contribution >= 0.6 is 0 Å². The van der Waals surface area contributed by atoms with Crippen molar-refractivity contribution in [3.8, 4) is 12.3 Å². The highest BCUT2D eigenvalue weighted by Crippen LogP contribution is 2.26. The summed E-state index contributed by atoms with van der Waals surface area (Å²) < 4.78 is 5.39. The summed E-state index contributed by atoms with van der Waals surface area (Å²) in [5, 5.41) is 5.74. The van der Waals surface area contributed by atoms with Gasteiger partial charge in [0.15, 0.2) is 0 Å². The Hall–Kier alpha value is -3.01. The van der Waals surface area contributed by atoms with E-state index in [0.717, 1.165) is 6.42 Å². The van der Waals surface area contributed by atoms with Gasteiger partial charge in [-0.3, -0.25) is 9.59 Å². The van der Waals surface area contributed by atoms with Gasteiger partial charge in [-0.25, -0.2) is 4.79 Å². The maximum Gasteiger partial charge on any atom is 0.408 e. The van der Waals surface area contributed by atoms with Crippen LogP contribution in [-0.2, 0) is 14.3 Å². The Morgan fingerprint density at radius 1 is 1.06 bits per heavy atom. The van der Waals surface area contributed by atoms with Gasteiger partial charge in [-0.1, -0.05) is 45.2 Å². The lowest BCUT2D eigenvalue weighted by Gasteiger charge is -2.37. The maximum atomic E-state index is 13.9. The third kappa shape index (κ3) is 10.0. The van der Waals surface area contributed by atoms with Crippen LogP contribution in [0.15, 0.2) is 24.3 Å². The van der Waals surface area contributed by atoms with Gasteiger partial charge >= 0.3 is 6.09 Å². The van der Waals surface area contributed by atoms with Crippen molar-refractivity contribution in [2.75, 3.05) is 6.54 Å². The molecule has 0 bridgehead atoms. The van der Waals surface area contributed by atoms with Crippen LogP contribution in [0.4, 0.5) is 4.79 Å². The molecule has 2 atom stereocenters. The molecule has 7 heteroatoms. The number of rotatable bonds is 9. The molecule has 7 nitrogen and oxygen atoms in total. The first kappa shape index (κ1) is 30.0. The predicted molar refractivity (Wildman–Crippen MR) is 140 cm³/mol. The zero-order valence-corrected chi connectivity index (χ0v) is 22.8. The van der Waals surface area contributed by atoms with Gasteiger partial charge in [-0.05, 0) is 71.6 Å². The Bertz CT molecular complexity index is 902. The molecule has 1 aromatic rings. The number of unbranched alkanes of at least 4 members (excludes halogenated alkanes) is 1. The minimum Gasteiger partial charge on any atom is -0.444 e. The van der Waals surface area contributed by atoms with Gasteiger partial charge in [0, 0.05) is 17.6 Å². The molecule has 35 heavy (non-hydrogen) atoms. The van der Waals surface area contributed by atoms with Gasteiger partial charge in [-0.15, -0.1) is 6.42 Å². The molecule has 0 radical (unpaired) electrons. The standard InChI is InChI=1S/C28H43N3O4/c1-11-13-18-31(25(33)22(19(3)4)29-26(34)35-28(8,9)10)23(24(32)30-27(5,6)7)21-16-14-20(12-2)15-17-21/h2,14-17,19,22-23H,11,13,18H2,1,3-10H3,(H,29,34)(H,30,32). The monoisotopic (exact) mass is 485 g/mol. The van der Waals surface area contributed by atoms with E-state index in [-0.39, 0.29) is 17.7 Å². The molecule has 0 saturated carbocycles. The molecule has 0 spiro atoms. The number of nitrogens with zero attached hydrogens (tertiary/aromatic N) is 1. The molecular formula is C28H43N3O4. The zero-order valence-electron chi connectivity index (χ0n) is 22.8. The minimum atomic E-state index is -0.887. The number of amides is 3. The number of hydrogen-bond acceptors (Lipinski definition) is 4. The Morgan fingerprint density at radius 2 is 1.63 bits per heavy atom. The van der Waals surface area contributed by atoms with Crippen molar-refractivity contribution in [2.45, 2.75) is 98.4 Å². The fourth-order valence-corrected chi connectivity index (χ4v) is 3.49. The highest BCUT2D eigenvalue weighted by Gasteiger charge is 2.38. The van der Waals surface area contributed by atoms with Gasteiger partial charge in [-0.2, -0.15) is 0 Å². The second-order valence-corrected chi connectivity index (χ2v) is 11.2. The van der Waals surface area contributed by atoms with Crippen molar-refractivity contribution < 1.29 is 19.1 Å². The summed E-state index contributed by atoms with van der Waals surface area (Å²) in [5.74, 6) is 1.72. The molecule has 0 aromatic heterocycles. The quantitative estimate of drug-likeness (QED) is 0.492. The molecule has 1 aromatic carbocycles. The fraction of sp³-hybridized carbons (Fsp3) is 0.607. The summed E-state index contributed by atoms with van der Waals surface area (Å²) in [5.41, 5.74) is 0.126. The number of hydrogen-bond donors (Lipinski definition) is 2. The lowest BCUT2D eigenvalue weighted by molar-refractivity contribution is -0.144. The van der Waals surface area contributed by atoms with Crippen LogP contribution in [-0.4, -0.2) is 46.5 Å². The topological polar surface area (TPSA) is 87.7 Å². The highest BCUT2D eigenvalue weighted by atomic mass is 16.6. The maximum absolute atomic E-state index is 13.9. The average molecular weight is 486 g/mol. The molecule has 1 rings (SSSR count). The first-order valence-electron chi connectivity index (χ1n) is 12.3. The SMILES string of the molecule is C#Cc1ccc(C(C(=O)NC(C)(C)C)N(CCCC)C(=O)C(NC(=O)OC(C)(C)C)C(C)C)cc1. The van der Waals surface area contributed by atoms with Crippen molar-refractivity contribution in [2.24, 2.45) is 5.92 Å². The summed E-state index contributed by atoms with van der Waals surface area (Å²) >= 11 is 0. The van der Waals surface area contributed by atoms with E-state index in [2.05, 4.69) is 16.6 Å². The first-order chi connectivity index (χ1) is 16.1. The Kier molecular flexibility index (Phi) is 10.8. The van der Waals surface area contributed by atoms with Crippen molar-refractivity contribution in [3.05, 3.63) is 35.4 Å². The summed E-state index contributed by atoms with van der Waals surface area (Å²) in [6, 6.07) is 5.32. The molecule has 0 aliphatic carbocycles. The highest BCUT2D eigenvalue weighted by molar-refractivity contribution is 5.92. The van der Waals surface area contributed by atoms with E-state index in [0.29, 0.717) is 24.1 Å². The minimum absolute atomic E-state index is 0.228. The van der Waals surface area contributed by atoms with Crippen molar-refractivity contribution >= 4 is 17.9 Å². The van der Waals surface area contributed by atoms with Crippen LogP contribution in [0.25, 0.3) is 0 Å². The Morgan fingerprint density at radius 3 is 2.06 bits per heavy atom. The average Bonchev–Trinajstić information content (AvgIpc) is 2.72. The molecule has 0 fully saturated rings. The van der Waals surface area contributed by atoms with Gasteiger partial charge in [0.05, 0.1) is 0 Å². The fourth-order valence-electron chi connectivity index (χ4n) is 3.49. The number of carbonyl (C=O) groups is 3. The summed E-state index contributed by atoms with van der Waals surface area (Å²) in [4.78, 5) is 41.6.